The first kappa shape index (κ1) is 16.2. The van der Waals surface area contributed by atoms with E-state index < -0.39 is 11.7 Å². The summed E-state index contributed by atoms with van der Waals surface area (Å²) in [6, 6.07) is 11.1. The third kappa shape index (κ3) is 4.41. The quantitative estimate of drug-likeness (QED) is 0.800. The average Bonchev–Trinajstić information content (AvgIpc) is 2.46. The highest BCUT2D eigenvalue weighted by Crippen LogP contribution is 2.30. The molecule has 0 aliphatic carbocycles. The number of alkyl halides is 3. The van der Waals surface area contributed by atoms with Gasteiger partial charge >= 0.3 is 6.18 Å². The Labute approximate surface area is 127 Å². The fourth-order valence-electron chi connectivity index (χ4n) is 2.02. The largest absolute Gasteiger partial charge is 0.491 e. The minimum Gasteiger partial charge on any atom is -0.491 e. The number of hydrogen-bond acceptors (Lipinski definition) is 2. The third-order valence-corrected chi connectivity index (χ3v) is 3.22. The van der Waals surface area contributed by atoms with Gasteiger partial charge in [-0.2, -0.15) is 13.2 Å². The number of hydrogen-bond donors (Lipinski definition) is 1. The third-order valence-electron chi connectivity index (χ3n) is 3.22. The number of ether oxygens (including phenoxy) is 1. The highest BCUT2D eigenvalue weighted by Gasteiger charge is 2.30. The predicted octanol–water partition coefficient (Wildman–Crippen LogP) is 4.81. The summed E-state index contributed by atoms with van der Waals surface area (Å²) in [6.45, 7) is 4.73. The highest BCUT2D eigenvalue weighted by atomic mass is 19.4. The molecule has 0 heterocycles. The van der Waals surface area contributed by atoms with E-state index in [1.54, 1.807) is 6.07 Å². The van der Waals surface area contributed by atoms with Crippen LogP contribution < -0.4 is 10.1 Å². The molecule has 0 atom stereocenters. The van der Waals surface area contributed by atoms with E-state index >= 15 is 0 Å². The molecule has 0 aliphatic heterocycles. The van der Waals surface area contributed by atoms with E-state index in [0.29, 0.717) is 18.8 Å². The summed E-state index contributed by atoms with van der Waals surface area (Å²) in [5, 5.41) is 2.94. The van der Waals surface area contributed by atoms with E-state index in [-0.39, 0.29) is 0 Å². The lowest BCUT2D eigenvalue weighted by molar-refractivity contribution is -0.137. The maximum atomic E-state index is 12.6. The molecule has 0 fully saturated rings. The molecular formula is C17H18F3NO. The van der Waals surface area contributed by atoms with Crippen molar-refractivity contribution in [2.24, 2.45) is 0 Å². The lowest BCUT2D eigenvalue weighted by atomic mass is 10.1. The van der Waals surface area contributed by atoms with Crippen LogP contribution in [0.25, 0.3) is 0 Å². The van der Waals surface area contributed by atoms with Gasteiger partial charge in [-0.05, 0) is 49.2 Å². The van der Waals surface area contributed by atoms with Crippen LogP contribution in [0.4, 0.5) is 18.9 Å². The van der Waals surface area contributed by atoms with Crippen LogP contribution in [0.2, 0.25) is 0 Å². The van der Waals surface area contributed by atoms with Crippen molar-refractivity contribution in [3.63, 3.8) is 0 Å². The fraction of sp³-hybridized carbons (Fsp3) is 0.294. The van der Waals surface area contributed by atoms with Crippen molar-refractivity contribution < 1.29 is 17.9 Å². The van der Waals surface area contributed by atoms with Crippen molar-refractivity contribution in [2.45, 2.75) is 20.0 Å². The Morgan fingerprint density at radius 2 is 1.82 bits per heavy atom. The van der Waals surface area contributed by atoms with Crippen LogP contribution in [0.3, 0.4) is 0 Å². The molecule has 0 amide bonds. The van der Waals surface area contributed by atoms with Crippen LogP contribution in [-0.4, -0.2) is 13.2 Å². The van der Waals surface area contributed by atoms with E-state index in [0.717, 1.165) is 29.0 Å². The van der Waals surface area contributed by atoms with Crippen LogP contribution in [-0.2, 0) is 6.18 Å². The Bertz CT molecular complexity index is 638. The summed E-state index contributed by atoms with van der Waals surface area (Å²) >= 11 is 0. The first-order chi connectivity index (χ1) is 10.4. The van der Waals surface area contributed by atoms with Gasteiger partial charge in [-0.25, -0.2) is 0 Å². The van der Waals surface area contributed by atoms with Gasteiger partial charge in [0.15, 0.2) is 0 Å². The monoisotopic (exact) mass is 309 g/mol. The molecule has 0 radical (unpaired) electrons. The zero-order chi connectivity index (χ0) is 16.2. The first-order valence-electron chi connectivity index (χ1n) is 6.97. The van der Waals surface area contributed by atoms with Crippen LogP contribution in [0.15, 0.2) is 42.5 Å². The topological polar surface area (TPSA) is 21.3 Å². The molecule has 1 N–H and O–H groups in total. The molecule has 2 aromatic carbocycles. The summed E-state index contributed by atoms with van der Waals surface area (Å²) in [5.74, 6) is 0.797. The molecule has 5 heteroatoms. The fourth-order valence-corrected chi connectivity index (χ4v) is 2.02. The second-order valence-corrected chi connectivity index (χ2v) is 5.12. The zero-order valence-corrected chi connectivity index (χ0v) is 12.5. The molecule has 118 valence electrons. The maximum Gasteiger partial charge on any atom is 0.416 e. The molecule has 0 unspecified atom stereocenters. The second-order valence-electron chi connectivity index (χ2n) is 5.12. The van der Waals surface area contributed by atoms with Crippen LogP contribution in [0.5, 0.6) is 5.75 Å². The van der Waals surface area contributed by atoms with Gasteiger partial charge in [0.25, 0.3) is 0 Å². The normalized spacial score (nSPS) is 11.3. The molecule has 0 bridgehead atoms. The number of aryl methyl sites for hydroxylation is 2. The Balaban J connectivity index is 1.88. The smallest absolute Gasteiger partial charge is 0.416 e. The predicted molar refractivity (Wildman–Crippen MR) is 81.3 cm³/mol. The molecule has 0 saturated carbocycles. The Morgan fingerprint density at radius 1 is 1.05 bits per heavy atom. The van der Waals surface area contributed by atoms with Crippen LogP contribution >= 0.6 is 0 Å². The summed E-state index contributed by atoms with van der Waals surface area (Å²) in [6.07, 6.45) is -4.33. The molecule has 0 aliphatic rings. The van der Waals surface area contributed by atoms with Gasteiger partial charge in [-0.1, -0.05) is 18.2 Å². The van der Waals surface area contributed by atoms with Crippen LogP contribution in [0.1, 0.15) is 16.7 Å². The molecule has 2 nitrogen and oxygen atoms in total. The Kier molecular flexibility index (Phi) is 4.96. The van der Waals surface area contributed by atoms with E-state index in [2.05, 4.69) is 5.32 Å². The summed E-state index contributed by atoms with van der Waals surface area (Å²) in [4.78, 5) is 0. The standard InChI is InChI=1S/C17H18F3NO/c1-12-6-7-13(2)16(10-12)22-9-8-21-15-5-3-4-14(11-15)17(18,19)20/h3-7,10-11,21H,8-9H2,1-2H3. The van der Waals surface area contributed by atoms with Crippen molar-refractivity contribution >= 4 is 5.69 Å². The first-order valence-corrected chi connectivity index (χ1v) is 6.97. The lowest BCUT2D eigenvalue weighted by Gasteiger charge is -2.12. The van der Waals surface area contributed by atoms with Crippen molar-refractivity contribution in [1.29, 1.82) is 0 Å². The minimum absolute atomic E-state index is 0.376. The summed E-state index contributed by atoms with van der Waals surface area (Å²) in [5.41, 5.74) is 1.91. The number of nitrogens with one attached hydrogen (secondary N) is 1. The molecule has 2 aromatic rings. The van der Waals surface area contributed by atoms with Crippen molar-refractivity contribution in [2.75, 3.05) is 18.5 Å². The zero-order valence-electron chi connectivity index (χ0n) is 12.5. The van der Waals surface area contributed by atoms with Crippen molar-refractivity contribution in [3.8, 4) is 5.75 Å². The molecule has 0 spiro atoms. The average molecular weight is 309 g/mol. The van der Waals surface area contributed by atoms with Gasteiger partial charge in [0.2, 0.25) is 0 Å². The molecule has 0 saturated heterocycles. The van der Waals surface area contributed by atoms with E-state index in [1.165, 1.54) is 6.07 Å². The van der Waals surface area contributed by atoms with Crippen LogP contribution in [0, 0.1) is 13.8 Å². The highest BCUT2D eigenvalue weighted by molar-refractivity contribution is 5.46. The van der Waals surface area contributed by atoms with E-state index in [4.69, 9.17) is 4.74 Å². The van der Waals surface area contributed by atoms with Gasteiger partial charge in [-0.15, -0.1) is 0 Å². The second kappa shape index (κ2) is 6.73. The lowest BCUT2D eigenvalue weighted by Crippen LogP contribution is -2.13. The number of rotatable bonds is 5. The van der Waals surface area contributed by atoms with Crippen molar-refractivity contribution in [3.05, 3.63) is 59.2 Å². The molecule has 22 heavy (non-hydrogen) atoms. The van der Waals surface area contributed by atoms with Gasteiger partial charge in [0, 0.05) is 12.2 Å². The van der Waals surface area contributed by atoms with Gasteiger partial charge < -0.3 is 10.1 Å². The number of benzene rings is 2. The Morgan fingerprint density at radius 3 is 2.55 bits per heavy atom. The number of anilines is 1. The molecule has 2 rings (SSSR count). The van der Waals surface area contributed by atoms with E-state index in [9.17, 15) is 13.2 Å². The SMILES string of the molecule is Cc1ccc(C)c(OCCNc2cccc(C(F)(F)F)c2)c1. The molecule has 0 aromatic heterocycles. The maximum absolute atomic E-state index is 12.6. The Hall–Kier alpha value is -2.17. The minimum atomic E-state index is -4.33. The van der Waals surface area contributed by atoms with Gasteiger partial charge in [0.05, 0.1) is 5.56 Å². The summed E-state index contributed by atoms with van der Waals surface area (Å²) < 4.78 is 43.5. The van der Waals surface area contributed by atoms with Crippen molar-refractivity contribution in [1.82, 2.24) is 0 Å². The van der Waals surface area contributed by atoms with Gasteiger partial charge in [0.1, 0.15) is 12.4 Å². The summed E-state index contributed by atoms with van der Waals surface area (Å²) in [7, 11) is 0. The number of halogens is 3. The molecular weight excluding hydrogens is 291 g/mol. The van der Waals surface area contributed by atoms with E-state index in [1.807, 2.05) is 32.0 Å². The van der Waals surface area contributed by atoms with Gasteiger partial charge in [-0.3, -0.25) is 0 Å².